The zero-order valence-electron chi connectivity index (χ0n) is 12.6. The fourth-order valence-corrected chi connectivity index (χ4v) is 3.69. The van der Waals surface area contributed by atoms with Crippen molar-refractivity contribution in [2.45, 2.75) is 32.1 Å². The van der Waals surface area contributed by atoms with Crippen molar-refractivity contribution in [3.05, 3.63) is 42.0 Å². The molecule has 1 unspecified atom stereocenters. The van der Waals surface area contributed by atoms with Crippen LogP contribution in [-0.4, -0.2) is 25.2 Å². The molecule has 1 aromatic rings. The van der Waals surface area contributed by atoms with Gasteiger partial charge in [0.1, 0.15) is 0 Å². The first kappa shape index (κ1) is 15.8. The lowest BCUT2D eigenvalue weighted by atomic mass is 9.92. The number of aryl methyl sites for hydroxylation is 1. The number of sulfonamides is 1. The highest BCUT2D eigenvalue weighted by Crippen LogP contribution is 2.24. The van der Waals surface area contributed by atoms with Gasteiger partial charge in [0.2, 0.25) is 5.91 Å². The fourth-order valence-electron chi connectivity index (χ4n) is 2.33. The third-order valence-corrected chi connectivity index (χ3v) is 5.61. The third kappa shape index (κ3) is 3.35. The predicted octanol–water partition coefficient (Wildman–Crippen LogP) is 2.74. The van der Waals surface area contributed by atoms with Crippen LogP contribution in [0, 0.1) is 18.8 Å². The van der Waals surface area contributed by atoms with Crippen LogP contribution in [-0.2, 0) is 14.8 Å². The molecule has 5 heteroatoms. The van der Waals surface area contributed by atoms with Crippen molar-refractivity contribution in [3.63, 3.8) is 0 Å². The van der Waals surface area contributed by atoms with Gasteiger partial charge in [-0.25, -0.2) is 12.7 Å². The number of hydrogen-bond donors (Lipinski definition) is 0. The highest BCUT2D eigenvalue weighted by molar-refractivity contribution is 7.89. The largest absolute Gasteiger partial charge is 0.274 e. The van der Waals surface area contributed by atoms with E-state index >= 15 is 0 Å². The van der Waals surface area contributed by atoms with Crippen LogP contribution in [0.25, 0.3) is 0 Å². The van der Waals surface area contributed by atoms with Crippen LogP contribution in [0.2, 0.25) is 0 Å². The molecule has 0 fully saturated rings. The number of benzene rings is 1. The minimum absolute atomic E-state index is 0.0933. The van der Waals surface area contributed by atoms with E-state index < -0.39 is 10.0 Å². The monoisotopic (exact) mass is 307 g/mol. The van der Waals surface area contributed by atoms with E-state index in [1.807, 2.05) is 26.8 Å². The lowest BCUT2D eigenvalue weighted by Gasteiger charge is -2.21. The highest BCUT2D eigenvalue weighted by Gasteiger charge is 2.31. The first-order valence-corrected chi connectivity index (χ1v) is 8.55. The summed E-state index contributed by atoms with van der Waals surface area (Å²) in [4.78, 5) is 12.5. The molecule has 21 heavy (non-hydrogen) atoms. The first-order valence-electron chi connectivity index (χ1n) is 7.11. The number of carbonyl (C=O) groups excluding carboxylic acids is 1. The molecule has 0 aliphatic carbocycles. The zero-order valence-corrected chi connectivity index (χ0v) is 13.4. The number of allylic oxidation sites excluding steroid dienone is 1. The van der Waals surface area contributed by atoms with Crippen LogP contribution in [0.3, 0.4) is 0 Å². The lowest BCUT2D eigenvalue weighted by Crippen LogP contribution is -2.37. The van der Waals surface area contributed by atoms with Gasteiger partial charge in [-0.05, 0) is 30.9 Å². The average Bonchev–Trinajstić information content (AvgIpc) is 2.61. The van der Waals surface area contributed by atoms with Crippen molar-refractivity contribution in [2.75, 3.05) is 6.54 Å². The van der Waals surface area contributed by atoms with Gasteiger partial charge in [-0.15, -0.1) is 0 Å². The number of hydrogen-bond acceptors (Lipinski definition) is 3. The minimum Gasteiger partial charge on any atom is -0.274 e. The predicted molar refractivity (Wildman–Crippen MR) is 82.2 cm³/mol. The Hall–Kier alpha value is -1.62. The van der Waals surface area contributed by atoms with Gasteiger partial charge in [-0.1, -0.05) is 43.7 Å². The molecular weight excluding hydrogens is 286 g/mol. The Morgan fingerprint density at radius 1 is 1.19 bits per heavy atom. The summed E-state index contributed by atoms with van der Waals surface area (Å²) >= 11 is 0. The molecule has 0 radical (unpaired) electrons. The van der Waals surface area contributed by atoms with E-state index in [-0.39, 0.29) is 29.7 Å². The van der Waals surface area contributed by atoms with E-state index in [9.17, 15) is 13.2 Å². The van der Waals surface area contributed by atoms with Gasteiger partial charge >= 0.3 is 0 Å². The van der Waals surface area contributed by atoms with E-state index in [1.165, 1.54) is 0 Å². The molecule has 1 aromatic carbocycles. The Morgan fingerprint density at radius 2 is 1.81 bits per heavy atom. The quantitative estimate of drug-likeness (QED) is 0.807. The van der Waals surface area contributed by atoms with Gasteiger partial charge in [-0.3, -0.25) is 4.79 Å². The molecule has 114 valence electrons. The van der Waals surface area contributed by atoms with Crippen molar-refractivity contribution in [1.29, 1.82) is 0 Å². The molecule has 0 N–H and O–H groups in total. The number of nitrogens with zero attached hydrogens (tertiary/aromatic N) is 1. The van der Waals surface area contributed by atoms with Crippen LogP contribution >= 0.6 is 0 Å². The highest BCUT2D eigenvalue weighted by atomic mass is 32.2. The second kappa shape index (κ2) is 6.02. The summed E-state index contributed by atoms with van der Waals surface area (Å²) < 4.78 is 26.2. The molecular formula is C16H21NO3S. The molecule has 0 aromatic heterocycles. The number of rotatable bonds is 3. The molecule has 1 aliphatic rings. The summed E-state index contributed by atoms with van der Waals surface area (Å²) in [7, 11) is -3.77. The van der Waals surface area contributed by atoms with E-state index in [0.29, 0.717) is 5.92 Å². The third-order valence-electron chi connectivity index (χ3n) is 3.81. The molecule has 1 aliphatic heterocycles. The van der Waals surface area contributed by atoms with E-state index in [2.05, 4.69) is 0 Å². The van der Waals surface area contributed by atoms with Crippen LogP contribution in [0.4, 0.5) is 0 Å². The first-order chi connectivity index (χ1) is 9.82. The summed E-state index contributed by atoms with van der Waals surface area (Å²) in [6.45, 7) is 6.07. The van der Waals surface area contributed by atoms with Crippen LogP contribution in [0.15, 0.2) is 41.3 Å². The van der Waals surface area contributed by atoms with Crippen molar-refractivity contribution in [2.24, 2.45) is 11.8 Å². The van der Waals surface area contributed by atoms with E-state index in [1.54, 1.807) is 30.3 Å². The maximum absolute atomic E-state index is 12.6. The molecule has 4 nitrogen and oxygen atoms in total. The van der Waals surface area contributed by atoms with Crippen molar-refractivity contribution in [1.82, 2.24) is 4.31 Å². The van der Waals surface area contributed by atoms with Crippen molar-refractivity contribution < 1.29 is 13.2 Å². The zero-order chi connectivity index (χ0) is 15.6. The molecule has 0 spiro atoms. The molecule has 2 rings (SSSR count). The summed E-state index contributed by atoms with van der Waals surface area (Å²) in [6, 6.07) is 6.57. The molecule has 1 heterocycles. The van der Waals surface area contributed by atoms with E-state index in [0.717, 1.165) is 9.87 Å². The normalized spacial score (nSPS) is 19.9. The second-order valence-electron chi connectivity index (χ2n) is 5.78. The fraction of sp³-hybridized carbons (Fsp3) is 0.438. The minimum atomic E-state index is -3.77. The average molecular weight is 307 g/mol. The Balaban J connectivity index is 2.30. The Kier molecular flexibility index (Phi) is 4.52. The number of amides is 1. The Labute approximate surface area is 126 Å². The maximum atomic E-state index is 12.6. The van der Waals surface area contributed by atoms with Crippen LogP contribution < -0.4 is 0 Å². The molecule has 0 saturated carbocycles. The maximum Gasteiger partial charge on any atom is 0.266 e. The lowest BCUT2D eigenvalue weighted by molar-refractivity contribution is -0.126. The standard InChI is InChI=1S/C16H21NO3S/c1-12(2)14-5-4-10-17(16(18)11-14)21(19,20)15-8-6-13(3)7-9-15/h4-9,12,14H,10-11H2,1-3H3. The van der Waals surface area contributed by atoms with Crippen LogP contribution in [0.1, 0.15) is 25.8 Å². The van der Waals surface area contributed by atoms with Gasteiger partial charge in [0.05, 0.1) is 11.4 Å². The van der Waals surface area contributed by atoms with Gasteiger partial charge in [-0.2, -0.15) is 0 Å². The SMILES string of the molecule is Cc1ccc(S(=O)(=O)N2CC=CC(C(C)C)CC2=O)cc1. The van der Waals surface area contributed by atoms with E-state index in [4.69, 9.17) is 0 Å². The smallest absolute Gasteiger partial charge is 0.266 e. The van der Waals surface area contributed by atoms with Gasteiger partial charge < -0.3 is 0 Å². The topological polar surface area (TPSA) is 54.5 Å². The van der Waals surface area contributed by atoms with Crippen LogP contribution in [0.5, 0.6) is 0 Å². The second-order valence-corrected chi connectivity index (χ2v) is 7.65. The van der Waals surface area contributed by atoms with Crippen molar-refractivity contribution in [3.8, 4) is 0 Å². The summed E-state index contributed by atoms with van der Waals surface area (Å²) in [5.41, 5.74) is 0.982. The summed E-state index contributed by atoms with van der Waals surface area (Å²) in [6.07, 6.45) is 3.97. The van der Waals surface area contributed by atoms with Gasteiger partial charge in [0.15, 0.2) is 0 Å². The molecule has 0 bridgehead atoms. The summed E-state index contributed by atoms with van der Waals surface area (Å²) in [5, 5.41) is 0. The molecule has 1 amide bonds. The van der Waals surface area contributed by atoms with Crippen molar-refractivity contribution >= 4 is 15.9 Å². The summed E-state index contributed by atoms with van der Waals surface area (Å²) in [5.74, 6) is 0.0715. The number of carbonyl (C=O) groups is 1. The Morgan fingerprint density at radius 3 is 2.38 bits per heavy atom. The van der Waals surface area contributed by atoms with Gasteiger partial charge in [0, 0.05) is 6.42 Å². The Bertz CT molecular complexity index is 645. The molecule has 1 atom stereocenters. The van der Waals surface area contributed by atoms with Gasteiger partial charge in [0.25, 0.3) is 10.0 Å². The molecule has 0 saturated heterocycles.